The van der Waals surface area contributed by atoms with Crippen molar-refractivity contribution in [3.05, 3.63) is 27.2 Å². The molecule has 1 atom stereocenters. The predicted molar refractivity (Wildman–Crippen MR) is 73.6 cm³/mol. The number of carbonyl (C=O) groups is 1. The van der Waals surface area contributed by atoms with Gasteiger partial charge in [-0.05, 0) is 59.7 Å². The minimum absolute atomic E-state index is 0.269. The number of rotatable bonds is 2. The molecule has 0 aliphatic carbocycles. The Labute approximate surface area is 115 Å². The maximum Gasteiger partial charge on any atom is 0.336 e. The SMILES string of the molecule is CCC1CCCOc2c(Br)c(C)cc(C(=O)O)c21. The van der Waals surface area contributed by atoms with E-state index in [0.717, 1.165) is 40.6 Å². The molecule has 0 amide bonds. The highest BCUT2D eigenvalue weighted by atomic mass is 79.9. The highest BCUT2D eigenvalue weighted by Gasteiger charge is 2.27. The van der Waals surface area contributed by atoms with E-state index in [4.69, 9.17) is 4.74 Å². The van der Waals surface area contributed by atoms with Crippen molar-refractivity contribution in [2.75, 3.05) is 6.61 Å². The molecule has 1 heterocycles. The minimum Gasteiger partial charge on any atom is -0.492 e. The Balaban J connectivity index is 2.70. The van der Waals surface area contributed by atoms with Crippen LogP contribution in [0.25, 0.3) is 0 Å². The number of hydrogen-bond acceptors (Lipinski definition) is 2. The topological polar surface area (TPSA) is 46.5 Å². The Morgan fingerprint density at radius 3 is 2.94 bits per heavy atom. The summed E-state index contributed by atoms with van der Waals surface area (Å²) in [5.74, 6) is 0.132. The van der Waals surface area contributed by atoms with Crippen LogP contribution < -0.4 is 4.74 Å². The first-order chi connectivity index (χ1) is 8.56. The first-order valence-electron chi connectivity index (χ1n) is 6.25. The summed E-state index contributed by atoms with van der Waals surface area (Å²) in [5.41, 5.74) is 2.15. The molecule has 98 valence electrons. The molecule has 1 N–H and O–H groups in total. The number of carboxylic acids is 1. The molecule has 0 spiro atoms. The van der Waals surface area contributed by atoms with Crippen molar-refractivity contribution >= 4 is 21.9 Å². The van der Waals surface area contributed by atoms with Crippen LogP contribution in [0.2, 0.25) is 0 Å². The summed E-state index contributed by atoms with van der Waals surface area (Å²) in [6.07, 6.45) is 2.89. The zero-order chi connectivity index (χ0) is 13.3. The quantitative estimate of drug-likeness (QED) is 0.893. The van der Waals surface area contributed by atoms with Crippen LogP contribution >= 0.6 is 15.9 Å². The lowest BCUT2D eigenvalue weighted by Gasteiger charge is -2.19. The second-order valence-electron chi connectivity index (χ2n) is 4.70. The van der Waals surface area contributed by atoms with Crippen LogP contribution in [0.4, 0.5) is 0 Å². The van der Waals surface area contributed by atoms with Crippen molar-refractivity contribution in [1.29, 1.82) is 0 Å². The van der Waals surface area contributed by atoms with Crippen LogP contribution in [0.15, 0.2) is 10.5 Å². The van der Waals surface area contributed by atoms with E-state index in [2.05, 4.69) is 22.9 Å². The van der Waals surface area contributed by atoms with Gasteiger partial charge in [-0.25, -0.2) is 4.79 Å². The fraction of sp³-hybridized carbons (Fsp3) is 0.500. The molecule has 0 saturated carbocycles. The van der Waals surface area contributed by atoms with E-state index in [1.54, 1.807) is 6.07 Å². The van der Waals surface area contributed by atoms with E-state index in [-0.39, 0.29) is 5.92 Å². The molecule has 3 nitrogen and oxygen atoms in total. The van der Waals surface area contributed by atoms with Gasteiger partial charge in [0.15, 0.2) is 0 Å². The third kappa shape index (κ3) is 2.26. The molecular formula is C14H17BrO3. The van der Waals surface area contributed by atoms with E-state index in [9.17, 15) is 9.90 Å². The van der Waals surface area contributed by atoms with Crippen LogP contribution in [0.1, 0.15) is 53.6 Å². The Kier molecular flexibility index (Phi) is 3.95. The smallest absolute Gasteiger partial charge is 0.336 e. The molecule has 1 aliphatic rings. The summed E-state index contributed by atoms with van der Waals surface area (Å²) < 4.78 is 6.66. The number of carboxylic acid groups (broad SMARTS) is 1. The maximum atomic E-state index is 11.4. The average Bonchev–Trinajstić information content (AvgIpc) is 2.55. The van der Waals surface area contributed by atoms with Crippen LogP contribution in [0, 0.1) is 6.92 Å². The van der Waals surface area contributed by atoms with E-state index < -0.39 is 5.97 Å². The monoisotopic (exact) mass is 312 g/mol. The van der Waals surface area contributed by atoms with Gasteiger partial charge in [-0.15, -0.1) is 0 Å². The predicted octanol–water partition coefficient (Wildman–Crippen LogP) is 4.12. The second kappa shape index (κ2) is 5.31. The fourth-order valence-electron chi connectivity index (χ4n) is 2.56. The maximum absolute atomic E-state index is 11.4. The van der Waals surface area contributed by atoms with Gasteiger partial charge in [0.05, 0.1) is 16.6 Å². The van der Waals surface area contributed by atoms with Gasteiger partial charge >= 0.3 is 5.97 Å². The number of aromatic carboxylic acids is 1. The number of aryl methyl sites for hydroxylation is 1. The molecule has 1 aromatic carbocycles. The molecule has 0 bridgehead atoms. The lowest BCUT2D eigenvalue weighted by Crippen LogP contribution is -2.09. The summed E-state index contributed by atoms with van der Waals surface area (Å²) in [7, 11) is 0. The molecule has 2 rings (SSSR count). The van der Waals surface area contributed by atoms with E-state index in [1.807, 2.05) is 6.92 Å². The third-order valence-corrected chi connectivity index (χ3v) is 4.50. The lowest BCUT2D eigenvalue weighted by molar-refractivity contribution is 0.0694. The van der Waals surface area contributed by atoms with Gasteiger partial charge in [0, 0.05) is 5.56 Å². The first-order valence-corrected chi connectivity index (χ1v) is 7.04. The van der Waals surface area contributed by atoms with Gasteiger partial charge in [0.1, 0.15) is 5.75 Å². The standard InChI is InChI=1S/C14H17BrO3/c1-3-9-5-4-6-18-13-11(9)10(14(16)17)7-8(2)12(13)15/h7,9H,3-6H2,1-2H3,(H,16,17). The number of fused-ring (bicyclic) bond motifs is 1. The van der Waals surface area contributed by atoms with Crippen LogP contribution in [-0.2, 0) is 0 Å². The average molecular weight is 313 g/mol. The van der Waals surface area contributed by atoms with Crippen LogP contribution in [-0.4, -0.2) is 17.7 Å². The summed E-state index contributed by atoms with van der Waals surface area (Å²) in [6.45, 7) is 4.65. The number of benzene rings is 1. The summed E-state index contributed by atoms with van der Waals surface area (Å²) >= 11 is 3.52. The molecule has 18 heavy (non-hydrogen) atoms. The molecule has 1 aromatic rings. The van der Waals surface area contributed by atoms with E-state index >= 15 is 0 Å². The highest BCUT2D eigenvalue weighted by Crippen LogP contribution is 2.43. The van der Waals surface area contributed by atoms with Crippen LogP contribution in [0.5, 0.6) is 5.75 Å². The van der Waals surface area contributed by atoms with Gasteiger partial charge in [0.2, 0.25) is 0 Å². The van der Waals surface area contributed by atoms with Gasteiger partial charge in [-0.1, -0.05) is 6.92 Å². The number of halogens is 1. The van der Waals surface area contributed by atoms with Crippen molar-refractivity contribution in [2.45, 2.75) is 39.0 Å². The summed E-state index contributed by atoms with van der Waals surface area (Å²) in [6, 6.07) is 1.74. The molecule has 1 aliphatic heterocycles. The zero-order valence-electron chi connectivity index (χ0n) is 10.6. The van der Waals surface area contributed by atoms with Crippen LogP contribution in [0.3, 0.4) is 0 Å². The van der Waals surface area contributed by atoms with Crippen molar-refractivity contribution in [2.24, 2.45) is 0 Å². The molecule has 0 aromatic heterocycles. The summed E-state index contributed by atoms with van der Waals surface area (Å²) in [5, 5.41) is 9.39. The molecule has 0 radical (unpaired) electrons. The Bertz CT molecular complexity index is 482. The minimum atomic E-state index is -0.870. The van der Waals surface area contributed by atoms with Gasteiger partial charge in [0.25, 0.3) is 0 Å². The number of ether oxygens (including phenoxy) is 1. The van der Waals surface area contributed by atoms with Crippen molar-refractivity contribution in [3.8, 4) is 5.75 Å². The Morgan fingerprint density at radius 1 is 1.61 bits per heavy atom. The Morgan fingerprint density at radius 2 is 2.33 bits per heavy atom. The van der Waals surface area contributed by atoms with Gasteiger partial charge in [-0.2, -0.15) is 0 Å². The third-order valence-electron chi connectivity index (χ3n) is 3.52. The molecule has 1 unspecified atom stereocenters. The Hall–Kier alpha value is -1.03. The zero-order valence-corrected chi connectivity index (χ0v) is 12.2. The summed E-state index contributed by atoms with van der Waals surface area (Å²) in [4.78, 5) is 11.4. The highest BCUT2D eigenvalue weighted by molar-refractivity contribution is 9.10. The molecular weight excluding hydrogens is 296 g/mol. The van der Waals surface area contributed by atoms with Crippen molar-refractivity contribution in [3.63, 3.8) is 0 Å². The fourth-order valence-corrected chi connectivity index (χ4v) is 3.00. The lowest BCUT2D eigenvalue weighted by atomic mass is 9.87. The van der Waals surface area contributed by atoms with Gasteiger partial charge in [-0.3, -0.25) is 0 Å². The first kappa shape index (κ1) is 13.4. The van der Waals surface area contributed by atoms with Crippen molar-refractivity contribution in [1.82, 2.24) is 0 Å². The largest absolute Gasteiger partial charge is 0.492 e. The van der Waals surface area contributed by atoms with E-state index in [1.165, 1.54) is 0 Å². The molecule has 0 saturated heterocycles. The molecule has 4 heteroatoms. The van der Waals surface area contributed by atoms with E-state index in [0.29, 0.717) is 12.2 Å². The number of hydrogen-bond donors (Lipinski definition) is 1. The molecule has 0 fully saturated rings. The van der Waals surface area contributed by atoms with Crippen molar-refractivity contribution < 1.29 is 14.6 Å². The second-order valence-corrected chi connectivity index (χ2v) is 5.49. The van der Waals surface area contributed by atoms with Gasteiger partial charge < -0.3 is 9.84 Å². The normalized spacial score (nSPS) is 18.7.